The first-order valence-electron chi connectivity index (χ1n) is 4.94. The molecule has 6 heteroatoms. The molecule has 2 N–H and O–H groups in total. The Balaban J connectivity index is 0.00000256. The maximum Gasteiger partial charge on any atom is 0.234 e. The average molecular weight is 265 g/mol. The number of benzene rings is 1. The van der Waals surface area contributed by atoms with Crippen molar-refractivity contribution < 1.29 is 13.6 Å². The van der Waals surface area contributed by atoms with Crippen molar-refractivity contribution >= 4 is 18.3 Å². The minimum absolute atomic E-state index is 0. The first-order valence-corrected chi connectivity index (χ1v) is 4.94. The van der Waals surface area contributed by atoms with E-state index in [0.29, 0.717) is 0 Å². The Kier molecular flexibility index (Phi) is 6.68. The normalized spacial score (nSPS) is 11.5. The van der Waals surface area contributed by atoms with Gasteiger partial charge in [0.2, 0.25) is 5.91 Å². The molecule has 0 aliphatic heterocycles. The van der Waals surface area contributed by atoms with E-state index in [1.807, 2.05) is 0 Å². The Labute approximate surface area is 105 Å². The zero-order chi connectivity index (χ0) is 12.1. The van der Waals surface area contributed by atoms with Gasteiger partial charge in [-0.15, -0.1) is 12.4 Å². The molecule has 17 heavy (non-hydrogen) atoms. The molecule has 1 rings (SSSR count). The molecule has 0 aliphatic rings. The second-order valence-electron chi connectivity index (χ2n) is 3.45. The summed E-state index contributed by atoms with van der Waals surface area (Å²) in [5, 5.41) is 5.15. The molecule has 0 fully saturated rings. The van der Waals surface area contributed by atoms with Crippen LogP contribution in [0, 0.1) is 11.6 Å². The van der Waals surface area contributed by atoms with Gasteiger partial charge in [-0.25, -0.2) is 8.78 Å². The first-order chi connectivity index (χ1) is 7.56. The predicted molar refractivity (Wildman–Crippen MR) is 64.1 cm³/mol. The van der Waals surface area contributed by atoms with Crippen LogP contribution in [-0.4, -0.2) is 19.5 Å². The van der Waals surface area contributed by atoms with Crippen molar-refractivity contribution in [2.75, 3.05) is 13.6 Å². The third-order valence-electron chi connectivity index (χ3n) is 2.15. The number of carbonyl (C=O) groups is 1. The second-order valence-corrected chi connectivity index (χ2v) is 3.45. The van der Waals surface area contributed by atoms with E-state index in [2.05, 4.69) is 10.6 Å². The lowest BCUT2D eigenvalue weighted by Gasteiger charge is -2.15. The van der Waals surface area contributed by atoms with Gasteiger partial charge in [0.15, 0.2) is 0 Å². The van der Waals surface area contributed by atoms with Gasteiger partial charge in [0.25, 0.3) is 0 Å². The Morgan fingerprint density at radius 1 is 1.35 bits per heavy atom. The highest BCUT2D eigenvalue weighted by Gasteiger charge is 2.17. The molecule has 0 radical (unpaired) electrons. The summed E-state index contributed by atoms with van der Waals surface area (Å²) in [6.45, 7) is 1.65. The summed E-state index contributed by atoms with van der Waals surface area (Å²) in [4.78, 5) is 11.2. The molecule has 1 atom stereocenters. The summed E-state index contributed by atoms with van der Waals surface area (Å²) < 4.78 is 26.7. The van der Waals surface area contributed by atoms with E-state index in [0.717, 1.165) is 0 Å². The second kappa shape index (κ2) is 7.19. The van der Waals surface area contributed by atoms with Crippen LogP contribution < -0.4 is 10.6 Å². The summed E-state index contributed by atoms with van der Waals surface area (Å²) in [6, 6.07) is 2.93. The number of likely N-dealkylation sites (N-methyl/N-ethyl adjacent to an activating group) is 1. The fraction of sp³-hybridized carbons (Fsp3) is 0.364. The molecule has 0 saturated heterocycles. The van der Waals surface area contributed by atoms with Crippen LogP contribution in [-0.2, 0) is 4.79 Å². The van der Waals surface area contributed by atoms with E-state index in [-0.39, 0.29) is 30.4 Å². The Hall–Kier alpha value is -1.20. The smallest absolute Gasteiger partial charge is 0.234 e. The van der Waals surface area contributed by atoms with Crippen LogP contribution in [0.4, 0.5) is 8.78 Å². The Morgan fingerprint density at radius 2 is 1.88 bits per heavy atom. The van der Waals surface area contributed by atoms with Gasteiger partial charge in [-0.3, -0.25) is 4.79 Å². The maximum absolute atomic E-state index is 13.3. The van der Waals surface area contributed by atoms with Crippen molar-refractivity contribution in [2.45, 2.75) is 13.0 Å². The Bertz CT molecular complexity index is 367. The van der Waals surface area contributed by atoms with Crippen molar-refractivity contribution in [1.82, 2.24) is 10.6 Å². The van der Waals surface area contributed by atoms with Crippen LogP contribution in [0.5, 0.6) is 0 Å². The summed E-state index contributed by atoms with van der Waals surface area (Å²) in [7, 11) is 1.62. The zero-order valence-electron chi connectivity index (χ0n) is 9.59. The lowest BCUT2D eigenvalue weighted by Crippen LogP contribution is -2.34. The summed E-state index contributed by atoms with van der Waals surface area (Å²) in [6.07, 6.45) is 0. The van der Waals surface area contributed by atoms with Crippen LogP contribution in [0.25, 0.3) is 0 Å². The summed E-state index contributed by atoms with van der Waals surface area (Å²) >= 11 is 0. The molecule has 1 unspecified atom stereocenters. The number of halogens is 3. The monoisotopic (exact) mass is 264 g/mol. The highest BCUT2D eigenvalue weighted by atomic mass is 35.5. The molecule has 1 aromatic carbocycles. The van der Waals surface area contributed by atoms with Gasteiger partial charge >= 0.3 is 0 Å². The highest BCUT2D eigenvalue weighted by molar-refractivity contribution is 5.85. The van der Waals surface area contributed by atoms with E-state index in [9.17, 15) is 13.6 Å². The van der Waals surface area contributed by atoms with Crippen molar-refractivity contribution in [3.8, 4) is 0 Å². The zero-order valence-corrected chi connectivity index (χ0v) is 10.4. The molecule has 3 nitrogen and oxygen atoms in total. The lowest BCUT2D eigenvalue weighted by molar-refractivity contribution is -0.120. The van der Waals surface area contributed by atoms with Gasteiger partial charge in [-0.05, 0) is 26.1 Å². The molecule has 0 saturated carbocycles. The van der Waals surface area contributed by atoms with E-state index in [1.165, 1.54) is 25.1 Å². The number of carbonyl (C=O) groups excluding carboxylic acids is 1. The van der Waals surface area contributed by atoms with Crippen molar-refractivity contribution in [2.24, 2.45) is 0 Å². The topological polar surface area (TPSA) is 41.1 Å². The Morgan fingerprint density at radius 3 is 2.35 bits per heavy atom. The van der Waals surface area contributed by atoms with Crippen molar-refractivity contribution in [1.29, 1.82) is 0 Å². The molecular formula is C11H15ClF2N2O. The average Bonchev–Trinajstić information content (AvgIpc) is 2.17. The number of hydrogen-bond acceptors (Lipinski definition) is 2. The van der Waals surface area contributed by atoms with E-state index >= 15 is 0 Å². The summed E-state index contributed by atoms with van der Waals surface area (Å²) in [5.74, 6) is -1.62. The molecule has 0 bridgehead atoms. The third kappa shape index (κ3) is 4.28. The van der Waals surface area contributed by atoms with E-state index < -0.39 is 17.7 Å². The predicted octanol–water partition coefficient (Wildman–Crippen LogP) is 1.78. The highest BCUT2D eigenvalue weighted by Crippen LogP contribution is 2.19. The maximum atomic E-state index is 13.3. The number of nitrogens with one attached hydrogen (secondary N) is 2. The fourth-order valence-electron chi connectivity index (χ4n) is 1.45. The fourth-order valence-corrected chi connectivity index (χ4v) is 1.45. The molecule has 0 spiro atoms. The van der Waals surface area contributed by atoms with Crippen LogP contribution in [0.1, 0.15) is 18.5 Å². The van der Waals surface area contributed by atoms with Crippen LogP contribution in [0.3, 0.4) is 0 Å². The molecular weight excluding hydrogens is 250 g/mol. The minimum atomic E-state index is -0.693. The standard InChI is InChI=1S/C11H14F2N2O.ClH/c1-7(15-10(16)6-14-2)11-8(12)4-3-5-9(11)13;/h3-5,7,14H,6H2,1-2H3,(H,15,16);1H. The van der Waals surface area contributed by atoms with Crippen molar-refractivity contribution in [3.63, 3.8) is 0 Å². The number of rotatable bonds is 4. The molecule has 96 valence electrons. The van der Waals surface area contributed by atoms with E-state index in [4.69, 9.17) is 0 Å². The van der Waals surface area contributed by atoms with Gasteiger partial charge in [0, 0.05) is 5.56 Å². The molecule has 1 amide bonds. The molecule has 0 aromatic heterocycles. The number of hydrogen-bond donors (Lipinski definition) is 2. The van der Waals surface area contributed by atoms with Gasteiger partial charge in [0.05, 0.1) is 12.6 Å². The van der Waals surface area contributed by atoms with Gasteiger partial charge in [0.1, 0.15) is 11.6 Å². The first kappa shape index (κ1) is 15.8. The van der Waals surface area contributed by atoms with Crippen LogP contribution in [0.2, 0.25) is 0 Å². The quantitative estimate of drug-likeness (QED) is 0.870. The van der Waals surface area contributed by atoms with Crippen LogP contribution in [0.15, 0.2) is 18.2 Å². The van der Waals surface area contributed by atoms with Crippen LogP contribution >= 0.6 is 12.4 Å². The van der Waals surface area contributed by atoms with E-state index in [1.54, 1.807) is 7.05 Å². The number of amides is 1. The summed E-state index contributed by atoms with van der Waals surface area (Å²) in [5.41, 5.74) is -0.119. The molecule has 0 heterocycles. The molecule has 0 aliphatic carbocycles. The lowest BCUT2D eigenvalue weighted by atomic mass is 10.1. The van der Waals surface area contributed by atoms with Gasteiger partial charge in [-0.1, -0.05) is 6.07 Å². The largest absolute Gasteiger partial charge is 0.348 e. The van der Waals surface area contributed by atoms with Gasteiger partial charge in [-0.2, -0.15) is 0 Å². The minimum Gasteiger partial charge on any atom is -0.348 e. The SMILES string of the molecule is CNCC(=O)NC(C)c1c(F)cccc1F.Cl. The molecule has 1 aromatic rings. The van der Waals surface area contributed by atoms with Gasteiger partial charge < -0.3 is 10.6 Å². The van der Waals surface area contributed by atoms with Crippen molar-refractivity contribution in [3.05, 3.63) is 35.4 Å². The third-order valence-corrected chi connectivity index (χ3v) is 2.15.